The summed E-state index contributed by atoms with van der Waals surface area (Å²) >= 11 is 5.89. The van der Waals surface area contributed by atoms with Crippen molar-refractivity contribution in [2.24, 2.45) is 5.92 Å². The van der Waals surface area contributed by atoms with Crippen LogP contribution in [-0.2, 0) is 9.59 Å². The maximum Gasteiger partial charge on any atom is 0.229 e. The third-order valence-corrected chi connectivity index (χ3v) is 5.18. The van der Waals surface area contributed by atoms with E-state index in [0.717, 1.165) is 31.6 Å². The van der Waals surface area contributed by atoms with Crippen molar-refractivity contribution in [2.45, 2.75) is 19.3 Å². The maximum atomic E-state index is 12.6. The summed E-state index contributed by atoms with van der Waals surface area (Å²) in [7, 11) is 0. The van der Waals surface area contributed by atoms with Crippen molar-refractivity contribution >= 4 is 40.7 Å². The first-order valence-corrected chi connectivity index (χ1v) is 9.42. The lowest BCUT2D eigenvalue weighted by molar-refractivity contribution is -0.122. The van der Waals surface area contributed by atoms with Gasteiger partial charge in [0.1, 0.15) is 0 Å². The standard InChI is InChI=1S/C19H20ClN5O2/c20-14-3-5-16(6-4-14)25-12-13(9-17(25)26)18(27)23-15-10-21-19(22-11-15)24-7-1-2-8-24/h3-6,10-11,13H,1-2,7-9,12H2,(H,23,27). The number of nitrogens with one attached hydrogen (secondary N) is 1. The number of amides is 2. The fourth-order valence-electron chi connectivity index (χ4n) is 3.46. The van der Waals surface area contributed by atoms with E-state index in [4.69, 9.17) is 11.6 Å². The van der Waals surface area contributed by atoms with Crippen molar-refractivity contribution in [3.05, 3.63) is 41.7 Å². The van der Waals surface area contributed by atoms with Crippen molar-refractivity contribution in [1.29, 1.82) is 0 Å². The average molecular weight is 386 g/mol. The molecule has 0 saturated carbocycles. The topological polar surface area (TPSA) is 78.4 Å². The van der Waals surface area contributed by atoms with E-state index in [-0.39, 0.29) is 18.2 Å². The fraction of sp³-hybridized carbons (Fsp3) is 0.368. The van der Waals surface area contributed by atoms with Crippen LogP contribution in [0, 0.1) is 5.92 Å². The van der Waals surface area contributed by atoms with Gasteiger partial charge in [0.2, 0.25) is 17.8 Å². The zero-order valence-corrected chi connectivity index (χ0v) is 15.5. The molecule has 1 N–H and O–H groups in total. The molecule has 0 aliphatic carbocycles. The normalized spacial score (nSPS) is 19.6. The highest BCUT2D eigenvalue weighted by Gasteiger charge is 2.35. The molecular weight excluding hydrogens is 366 g/mol. The highest BCUT2D eigenvalue weighted by atomic mass is 35.5. The first-order valence-electron chi connectivity index (χ1n) is 9.04. The van der Waals surface area contributed by atoms with Crippen LogP contribution in [0.2, 0.25) is 5.02 Å². The number of carbonyl (C=O) groups excluding carboxylic acids is 2. The summed E-state index contributed by atoms with van der Waals surface area (Å²) in [5, 5.41) is 3.43. The molecule has 2 aliphatic heterocycles. The van der Waals surface area contributed by atoms with E-state index >= 15 is 0 Å². The van der Waals surface area contributed by atoms with Gasteiger partial charge in [-0.25, -0.2) is 9.97 Å². The van der Waals surface area contributed by atoms with Gasteiger partial charge in [-0.15, -0.1) is 0 Å². The Morgan fingerprint density at radius 2 is 1.78 bits per heavy atom. The van der Waals surface area contributed by atoms with E-state index in [1.165, 1.54) is 0 Å². The molecule has 1 atom stereocenters. The summed E-state index contributed by atoms with van der Waals surface area (Å²) in [6.07, 6.45) is 5.73. The van der Waals surface area contributed by atoms with Gasteiger partial charge in [-0.05, 0) is 37.1 Å². The predicted molar refractivity (Wildman–Crippen MR) is 104 cm³/mol. The number of anilines is 3. The first-order chi connectivity index (χ1) is 13.1. The van der Waals surface area contributed by atoms with Crippen molar-refractivity contribution in [2.75, 3.05) is 34.8 Å². The van der Waals surface area contributed by atoms with E-state index in [2.05, 4.69) is 20.2 Å². The largest absolute Gasteiger partial charge is 0.341 e. The van der Waals surface area contributed by atoms with E-state index in [1.54, 1.807) is 41.6 Å². The van der Waals surface area contributed by atoms with Crippen molar-refractivity contribution in [3.63, 3.8) is 0 Å². The lowest BCUT2D eigenvalue weighted by Gasteiger charge is -2.17. The van der Waals surface area contributed by atoms with E-state index < -0.39 is 5.92 Å². The smallest absolute Gasteiger partial charge is 0.229 e. The number of hydrogen-bond acceptors (Lipinski definition) is 5. The van der Waals surface area contributed by atoms with Crippen LogP contribution in [0.15, 0.2) is 36.7 Å². The fourth-order valence-corrected chi connectivity index (χ4v) is 3.59. The average Bonchev–Trinajstić information content (AvgIpc) is 3.33. The summed E-state index contributed by atoms with van der Waals surface area (Å²) in [5.41, 5.74) is 1.29. The van der Waals surface area contributed by atoms with Crippen LogP contribution in [0.5, 0.6) is 0 Å². The third-order valence-electron chi connectivity index (χ3n) is 4.93. The molecule has 1 aromatic heterocycles. The number of rotatable bonds is 4. The lowest BCUT2D eigenvalue weighted by Crippen LogP contribution is -2.28. The number of hydrogen-bond donors (Lipinski definition) is 1. The molecule has 140 valence electrons. The molecule has 1 aromatic carbocycles. The summed E-state index contributed by atoms with van der Waals surface area (Å²) in [6.45, 7) is 2.28. The first kappa shape index (κ1) is 17.7. The zero-order chi connectivity index (χ0) is 18.8. The lowest BCUT2D eigenvalue weighted by atomic mass is 10.1. The summed E-state index contributed by atoms with van der Waals surface area (Å²) in [5.74, 6) is 0.0114. The number of nitrogens with zero attached hydrogens (tertiary/aromatic N) is 4. The quantitative estimate of drug-likeness (QED) is 0.875. The molecule has 2 aliphatic rings. The minimum Gasteiger partial charge on any atom is -0.341 e. The number of aromatic nitrogens is 2. The molecule has 2 amide bonds. The Morgan fingerprint density at radius 3 is 2.44 bits per heavy atom. The molecule has 8 heteroatoms. The second-order valence-electron chi connectivity index (χ2n) is 6.84. The van der Waals surface area contributed by atoms with Crippen molar-refractivity contribution in [3.8, 4) is 0 Å². The number of halogens is 1. The molecule has 2 saturated heterocycles. The predicted octanol–water partition coefficient (Wildman–Crippen LogP) is 2.72. The highest BCUT2D eigenvalue weighted by molar-refractivity contribution is 6.30. The Kier molecular flexibility index (Phi) is 4.94. The minimum atomic E-state index is -0.411. The van der Waals surface area contributed by atoms with Gasteiger partial charge in [-0.2, -0.15) is 0 Å². The van der Waals surface area contributed by atoms with E-state index in [0.29, 0.717) is 23.2 Å². The Balaban J connectivity index is 1.38. The molecule has 0 bridgehead atoms. The summed E-state index contributed by atoms with van der Waals surface area (Å²) < 4.78 is 0. The second-order valence-corrected chi connectivity index (χ2v) is 7.27. The van der Waals surface area contributed by atoms with Gasteiger partial charge in [0, 0.05) is 36.8 Å². The molecular formula is C19H20ClN5O2. The summed E-state index contributed by atoms with van der Waals surface area (Å²) in [6, 6.07) is 7.03. The van der Waals surface area contributed by atoms with Crippen LogP contribution in [0.1, 0.15) is 19.3 Å². The van der Waals surface area contributed by atoms with E-state index in [1.807, 2.05) is 0 Å². The van der Waals surface area contributed by atoms with Crippen molar-refractivity contribution < 1.29 is 9.59 Å². The van der Waals surface area contributed by atoms with Gasteiger partial charge in [0.25, 0.3) is 0 Å². The van der Waals surface area contributed by atoms with Gasteiger partial charge in [0.05, 0.1) is 24.0 Å². The van der Waals surface area contributed by atoms with Crippen LogP contribution in [0.4, 0.5) is 17.3 Å². The number of carbonyl (C=O) groups is 2. The third kappa shape index (κ3) is 3.88. The van der Waals surface area contributed by atoms with Crippen LogP contribution in [0.3, 0.4) is 0 Å². The molecule has 2 aromatic rings. The molecule has 4 rings (SSSR count). The van der Waals surface area contributed by atoms with Crippen LogP contribution in [0.25, 0.3) is 0 Å². The Morgan fingerprint density at radius 1 is 1.11 bits per heavy atom. The van der Waals surface area contributed by atoms with Gasteiger partial charge >= 0.3 is 0 Å². The number of benzene rings is 1. The van der Waals surface area contributed by atoms with Gasteiger partial charge in [-0.1, -0.05) is 11.6 Å². The highest BCUT2D eigenvalue weighted by Crippen LogP contribution is 2.27. The van der Waals surface area contributed by atoms with Crippen molar-refractivity contribution in [1.82, 2.24) is 9.97 Å². The van der Waals surface area contributed by atoms with Crippen LogP contribution in [-0.4, -0.2) is 41.4 Å². The summed E-state index contributed by atoms with van der Waals surface area (Å²) in [4.78, 5) is 37.3. The maximum absolute atomic E-state index is 12.6. The molecule has 1 unspecified atom stereocenters. The zero-order valence-electron chi connectivity index (χ0n) is 14.8. The van der Waals surface area contributed by atoms with Crippen LogP contribution < -0.4 is 15.1 Å². The van der Waals surface area contributed by atoms with Crippen LogP contribution >= 0.6 is 11.6 Å². The Labute approximate surface area is 162 Å². The molecule has 0 spiro atoms. The second kappa shape index (κ2) is 7.52. The van der Waals surface area contributed by atoms with Gasteiger partial charge in [0.15, 0.2) is 0 Å². The minimum absolute atomic E-state index is 0.0712. The monoisotopic (exact) mass is 385 g/mol. The molecule has 2 fully saturated rings. The van der Waals surface area contributed by atoms with Gasteiger partial charge in [-0.3, -0.25) is 9.59 Å². The molecule has 0 radical (unpaired) electrons. The molecule has 3 heterocycles. The Hall–Kier alpha value is -2.67. The molecule has 7 nitrogen and oxygen atoms in total. The SMILES string of the molecule is O=C(Nc1cnc(N2CCCC2)nc1)C1CC(=O)N(c2ccc(Cl)cc2)C1. The molecule has 27 heavy (non-hydrogen) atoms. The Bertz CT molecular complexity index is 834. The van der Waals surface area contributed by atoms with E-state index in [9.17, 15) is 9.59 Å². The van der Waals surface area contributed by atoms with Gasteiger partial charge < -0.3 is 15.1 Å².